The second-order valence-corrected chi connectivity index (χ2v) is 4.80. The van der Waals surface area contributed by atoms with Crippen molar-refractivity contribution in [2.24, 2.45) is 0 Å². The van der Waals surface area contributed by atoms with Gasteiger partial charge in [-0.15, -0.1) is 0 Å². The van der Waals surface area contributed by atoms with Gasteiger partial charge in [0.05, 0.1) is 18.2 Å². The molecular formula is C15H20N2O4. The Labute approximate surface area is 123 Å². The standard InChI is InChI=1S/C15H20N2O4/c1-16-14(18)9-17-15(19)12-6-2-3-7-13(12)21-10-11-5-4-8-20-11/h2-3,6-7,11H,4-5,8-10H2,1H3,(H,16,18)(H,17,19). The Morgan fingerprint density at radius 2 is 2.19 bits per heavy atom. The first-order valence-electron chi connectivity index (χ1n) is 7.03. The number of para-hydroxylation sites is 1. The highest BCUT2D eigenvalue weighted by molar-refractivity contribution is 5.98. The first kappa shape index (κ1) is 15.3. The third-order valence-electron chi connectivity index (χ3n) is 3.27. The molecule has 1 fully saturated rings. The molecule has 1 heterocycles. The number of benzene rings is 1. The molecule has 2 rings (SSSR count). The van der Waals surface area contributed by atoms with Gasteiger partial charge in [-0.2, -0.15) is 0 Å². The third kappa shape index (κ3) is 4.46. The first-order chi connectivity index (χ1) is 10.2. The zero-order valence-corrected chi connectivity index (χ0v) is 12.1. The molecule has 1 aliphatic heterocycles. The summed E-state index contributed by atoms with van der Waals surface area (Å²) in [7, 11) is 1.52. The molecule has 1 unspecified atom stereocenters. The van der Waals surface area contributed by atoms with Crippen molar-refractivity contribution >= 4 is 11.8 Å². The minimum Gasteiger partial charge on any atom is -0.490 e. The van der Waals surface area contributed by atoms with Crippen LogP contribution < -0.4 is 15.4 Å². The molecule has 0 spiro atoms. The van der Waals surface area contributed by atoms with Gasteiger partial charge in [0.2, 0.25) is 5.91 Å². The van der Waals surface area contributed by atoms with Crippen molar-refractivity contribution in [2.45, 2.75) is 18.9 Å². The van der Waals surface area contributed by atoms with Gasteiger partial charge >= 0.3 is 0 Å². The Balaban J connectivity index is 1.94. The van der Waals surface area contributed by atoms with Crippen LogP contribution in [0.25, 0.3) is 0 Å². The van der Waals surface area contributed by atoms with E-state index in [2.05, 4.69) is 10.6 Å². The van der Waals surface area contributed by atoms with Crippen LogP contribution in [-0.4, -0.2) is 44.7 Å². The number of ether oxygens (including phenoxy) is 2. The van der Waals surface area contributed by atoms with Gasteiger partial charge < -0.3 is 20.1 Å². The van der Waals surface area contributed by atoms with E-state index in [1.54, 1.807) is 24.3 Å². The summed E-state index contributed by atoms with van der Waals surface area (Å²) in [5.74, 6) is -0.0787. The van der Waals surface area contributed by atoms with Crippen LogP contribution in [0.4, 0.5) is 0 Å². The molecule has 2 amide bonds. The second-order valence-electron chi connectivity index (χ2n) is 4.80. The summed E-state index contributed by atoms with van der Waals surface area (Å²) in [6.45, 7) is 1.14. The fourth-order valence-electron chi connectivity index (χ4n) is 2.08. The summed E-state index contributed by atoms with van der Waals surface area (Å²) < 4.78 is 11.2. The predicted octanol–water partition coefficient (Wildman–Crippen LogP) is 0.720. The number of likely N-dealkylation sites (N-methyl/N-ethyl adjacent to an activating group) is 1. The number of hydrogen-bond donors (Lipinski definition) is 2. The van der Waals surface area contributed by atoms with Crippen molar-refractivity contribution < 1.29 is 19.1 Å². The maximum atomic E-state index is 12.1. The van der Waals surface area contributed by atoms with Gasteiger partial charge in [-0.1, -0.05) is 12.1 Å². The number of carbonyl (C=O) groups is 2. The lowest BCUT2D eigenvalue weighted by molar-refractivity contribution is -0.119. The summed E-state index contributed by atoms with van der Waals surface area (Å²) in [6.07, 6.45) is 2.11. The van der Waals surface area contributed by atoms with Crippen LogP contribution in [0.15, 0.2) is 24.3 Å². The van der Waals surface area contributed by atoms with Gasteiger partial charge in [0, 0.05) is 13.7 Å². The maximum Gasteiger partial charge on any atom is 0.255 e. The van der Waals surface area contributed by atoms with Crippen molar-refractivity contribution in [3.63, 3.8) is 0 Å². The zero-order valence-electron chi connectivity index (χ0n) is 12.1. The number of rotatable bonds is 6. The van der Waals surface area contributed by atoms with Crippen LogP contribution in [0.2, 0.25) is 0 Å². The van der Waals surface area contributed by atoms with E-state index in [9.17, 15) is 9.59 Å². The number of amides is 2. The summed E-state index contributed by atoms with van der Waals surface area (Å²) >= 11 is 0. The summed E-state index contributed by atoms with van der Waals surface area (Å²) in [6, 6.07) is 6.97. The molecule has 0 radical (unpaired) electrons. The van der Waals surface area contributed by atoms with Crippen LogP contribution in [0.3, 0.4) is 0 Å². The molecule has 0 bridgehead atoms. The Morgan fingerprint density at radius 3 is 2.90 bits per heavy atom. The average Bonchev–Trinajstić information content (AvgIpc) is 3.04. The fraction of sp³-hybridized carbons (Fsp3) is 0.467. The van der Waals surface area contributed by atoms with Gasteiger partial charge in [-0.25, -0.2) is 0 Å². The van der Waals surface area contributed by atoms with Gasteiger partial charge in [-0.3, -0.25) is 9.59 Å². The SMILES string of the molecule is CNC(=O)CNC(=O)c1ccccc1OCC1CCCO1. The molecule has 6 heteroatoms. The van der Waals surface area contributed by atoms with Crippen LogP contribution in [0, 0.1) is 0 Å². The van der Waals surface area contributed by atoms with Crippen molar-refractivity contribution in [2.75, 3.05) is 26.8 Å². The van der Waals surface area contributed by atoms with Crippen LogP contribution in [-0.2, 0) is 9.53 Å². The highest BCUT2D eigenvalue weighted by Crippen LogP contribution is 2.20. The Hall–Kier alpha value is -2.08. The highest BCUT2D eigenvalue weighted by Gasteiger charge is 2.18. The van der Waals surface area contributed by atoms with Crippen LogP contribution in [0.1, 0.15) is 23.2 Å². The van der Waals surface area contributed by atoms with Gasteiger partial charge in [-0.05, 0) is 25.0 Å². The molecule has 0 saturated carbocycles. The second kappa shape index (κ2) is 7.64. The fourth-order valence-corrected chi connectivity index (χ4v) is 2.08. The third-order valence-corrected chi connectivity index (χ3v) is 3.27. The lowest BCUT2D eigenvalue weighted by atomic mass is 10.2. The smallest absolute Gasteiger partial charge is 0.255 e. The normalized spacial score (nSPS) is 17.3. The molecule has 1 aromatic carbocycles. The van der Waals surface area contributed by atoms with Gasteiger partial charge in [0.1, 0.15) is 12.4 Å². The Bertz CT molecular complexity index is 498. The molecular weight excluding hydrogens is 272 g/mol. The molecule has 6 nitrogen and oxygen atoms in total. The van der Waals surface area contributed by atoms with Gasteiger partial charge in [0.15, 0.2) is 0 Å². The van der Waals surface area contributed by atoms with Crippen molar-refractivity contribution in [1.82, 2.24) is 10.6 Å². The van der Waals surface area contributed by atoms with E-state index in [1.807, 2.05) is 0 Å². The van der Waals surface area contributed by atoms with E-state index < -0.39 is 0 Å². The minimum atomic E-state index is -0.332. The van der Waals surface area contributed by atoms with E-state index >= 15 is 0 Å². The van der Waals surface area contributed by atoms with E-state index in [1.165, 1.54) is 7.05 Å². The van der Waals surface area contributed by atoms with E-state index in [-0.39, 0.29) is 24.5 Å². The monoisotopic (exact) mass is 292 g/mol. The van der Waals surface area contributed by atoms with Crippen LogP contribution in [0.5, 0.6) is 5.75 Å². The summed E-state index contributed by atoms with van der Waals surface area (Å²) in [5, 5.41) is 5.00. The molecule has 21 heavy (non-hydrogen) atoms. The Morgan fingerprint density at radius 1 is 1.38 bits per heavy atom. The summed E-state index contributed by atoms with van der Waals surface area (Å²) in [4.78, 5) is 23.2. The number of carbonyl (C=O) groups excluding carboxylic acids is 2. The molecule has 0 aliphatic carbocycles. The van der Waals surface area contributed by atoms with Crippen molar-refractivity contribution in [3.05, 3.63) is 29.8 Å². The van der Waals surface area contributed by atoms with E-state index in [4.69, 9.17) is 9.47 Å². The lowest BCUT2D eigenvalue weighted by Crippen LogP contribution is -2.35. The quantitative estimate of drug-likeness (QED) is 0.810. The molecule has 1 aromatic rings. The van der Waals surface area contributed by atoms with Crippen LogP contribution >= 0.6 is 0 Å². The largest absolute Gasteiger partial charge is 0.490 e. The lowest BCUT2D eigenvalue weighted by Gasteiger charge is -2.14. The molecule has 1 aliphatic rings. The average molecular weight is 292 g/mol. The topological polar surface area (TPSA) is 76.7 Å². The number of hydrogen-bond acceptors (Lipinski definition) is 4. The molecule has 1 atom stereocenters. The highest BCUT2D eigenvalue weighted by atomic mass is 16.5. The first-order valence-corrected chi connectivity index (χ1v) is 7.03. The number of nitrogens with one attached hydrogen (secondary N) is 2. The molecule has 2 N–H and O–H groups in total. The van der Waals surface area contributed by atoms with E-state index in [0.717, 1.165) is 19.4 Å². The predicted molar refractivity (Wildman–Crippen MR) is 77.3 cm³/mol. The van der Waals surface area contributed by atoms with Crippen molar-refractivity contribution in [1.29, 1.82) is 0 Å². The molecule has 1 saturated heterocycles. The Kier molecular flexibility index (Phi) is 5.57. The molecule has 114 valence electrons. The maximum absolute atomic E-state index is 12.1. The summed E-state index contributed by atoms with van der Waals surface area (Å²) in [5.41, 5.74) is 0.416. The van der Waals surface area contributed by atoms with Crippen molar-refractivity contribution in [3.8, 4) is 5.75 Å². The van der Waals surface area contributed by atoms with E-state index in [0.29, 0.717) is 17.9 Å². The molecule has 0 aromatic heterocycles. The minimum absolute atomic E-state index is 0.0601. The van der Waals surface area contributed by atoms with Gasteiger partial charge in [0.25, 0.3) is 5.91 Å². The zero-order chi connectivity index (χ0) is 15.1.